The Morgan fingerprint density at radius 3 is 2.84 bits per heavy atom. The minimum absolute atomic E-state index is 0.386. The summed E-state index contributed by atoms with van der Waals surface area (Å²) in [5.74, 6) is -2.07. The fourth-order valence-corrected chi connectivity index (χ4v) is 2.23. The average molecular weight is 268 g/mol. The molecule has 0 bridgehead atoms. The number of carboxylic acid groups (broad SMARTS) is 1. The maximum absolute atomic E-state index is 13.4. The molecule has 1 N–H and O–H groups in total. The Kier molecular flexibility index (Phi) is 3.75. The van der Waals surface area contributed by atoms with Gasteiger partial charge >= 0.3 is 11.7 Å². The Morgan fingerprint density at radius 2 is 2.32 bits per heavy atom. The summed E-state index contributed by atoms with van der Waals surface area (Å²) in [6.45, 7) is 1.46. The second-order valence-electron chi connectivity index (χ2n) is 4.60. The topological polar surface area (TPSA) is 83.7 Å². The van der Waals surface area contributed by atoms with Crippen molar-refractivity contribution in [2.75, 3.05) is 13.1 Å². The zero-order chi connectivity index (χ0) is 14.0. The van der Waals surface area contributed by atoms with Crippen LogP contribution in [0.1, 0.15) is 12.0 Å². The molecule has 0 spiro atoms. The molecule has 2 rings (SSSR count). The van der Waals surface area contributed by atoms with Gasteiger partial charge in [-0.15, -0.1) is 0 Å². The van der Waals surface area contributed by atoms with Crippen LogP contribution in [-0.2, 0) is 11.3 Å². The van der Waals surface area contributed by atoms with Crippen LogP contribution >= 0.6 is 0 Å². The van der Waals surface area contributed by atoms with Gasteiger partial charge in [-0.3, -0.25) is 19.8 Å². The van der Waals surface area contributed by atoms with Gasteiger partial charge in [0, 0.05) is 19.2 Å². The van der Waals surface area contributed by atoms with Gasteiger partial charge in [0.2, 0.25) is 5.82 Å². The molecule has 102 valence electrons. The second kappa shape index (κ2) is 5.31. The first-order valence-corrected chi connectivity index (χ1v) is 5.85. The first-order chi connectivity index (χ1) is 8.97. The summed E-state index contributed by atoms with van der Waals surface area (Å²) in [5, 5.41) is 19.4. The largest absolute Gasteiger partial charge is 0.481 e. The predicted octanol–water partition coefficient (Wildman–Crippen LogP) is 1.64. The maximum Gasteiger partial charge on any atom is 0.307 e. The van der Waals surface area contributed by atoms with E-state index in [9.17, 15) is 19.3 Å². The van der Waals surface area contributed by atoms with Crippen molar-refractivity contribution in [1.82, 2.24) is 4.90 Å². The van der Waals surface area contributed by atoms with E-state index in [0.717, 1.165) is 12.1 Å². The van der Waals surface area contributed by atoms with Gasteiger partial charge in [0.05, 0.1) is 10.8 Å². The zero-order valence-electron chi connectivity index (χ0n) is 10.1. The smallest absolute Gasteiger partial charge is 0.307 e. The number of carboxylic acids is 1. The Balaban J connectivity index is 2.03. The fraction of sp³-hybridized carbons (Fsp3) is 0.417. The van der Waals surface area contributed by atoms with E-state index in [1.165, 1.54) is 6.07 Å². The first-order valence-electron chi connectivity index (χ1n) is 5.85. The molecule has 19 heavy (non-hydrogen) atoms. The highest BCUT2D eigenvalue weighted by Gasteiger charge is 2.28. The van der Waals surface area contributed by atoms with Crippen molar-refractivity contribution in [1.29, 1.82) is 0 Å². The molecule has 1 aliphatic rings. The molecule has 1 atom stereocenters. The summed E-state index contributed by atoms with van der Waals surface area (Å²) in [6, 6.07) is 3.76. The quantitative estimate of drug-likeness (QED) is 0.663. The van der Waals surface area contributed by atoms with Crippen LogP contribution in [0.25, 0.3) is 0 Å². The Bertz CT molecular complexity index is 520. The number of carbonyl (C=O) groups is 1. The standard InChI is InChI=1S/C12H13FN2O4/c13-10-5-8(1-2-11(10)15(18)19)6-14-4-3-9(7-14)12(16)17/h1-2,5,9H,3-4,6-7H2,(H,16,17). The highest BCUT2D eigenvalue weighted by atomic mass is 19.1. The number of aliphatic carboxylic acids is 1. The van der Waals surface area contributed by atoms with E-state index >= 15 is 0 Å². The normalized spacial score (nSPS) is 19.5. The molecule has 1 fully saturated rings. The van der Waals surface area contributed by atoms with Crippen LogP contribution in [0.15, 0.2) is 18.2 Å². The number of nitro benzene ring substituents is 1. The van der Waals surface area contributed by atoms with Crippen molar-refractivity contribution in [2.45, 2.75) is 13.0 Å². The van der Waals surface area contributed by atoms with E-state index < -0.39 is 22.4 Å². The third-order valence-electron chi connectivity index (χ3n) is 3.24. The summed E-state index contributed by atoms with van der Waals surface area (Å²) in [7, 11) is 0. The lowest BCUT2D eigenvalue weighted by Crippen LogP contribution is -2.22. The summed E-state index contributed by atoms with van der Waals surface area (Å²) in [5.41, 5.74) is 0.0581. The molecule has 0 amide bonds. The maximum atomic E-state index is 13.4. The van der Waals surface area contributed by atoms with Gasteiger partial charge in [-0.05, 0) is 24.6 Å². The van der Waals surface area contributed by atoms with Gasteiger partial charge in [0.15, 0.2) is 0 Å². The lowest BCUT2D eigenvalue weighted by Gasteiger charge is -2.15. The zero-order valence-corrected chi connectivity index (χ0v) is 10.1. The summed E-state index contributed by atoms with van der Waals surface area (Å²) in [6.07, 6.45) is 0.574. The summed E-state index contributed by atoms with van der Waals surface area (Å²) in [4.78, 5) is 22.4. The van der Waals surface area contributed by atoms with E-state index in [4.69, 9.17) is 5.11 Å². The van der Waals surface area contributed by atoms with Crippen molar-refractivity contribution in [3.05, 3.63) is 39.7 Å². The molecule has 1 aromatic carbocycles. The van der Waals surface area contributed by atoms with Crippen molar-refractivity contribution in [2.24, 2.45) is 5.92 Å². The van der Waals surface area contributed by atoms with Crippen LogP contribution in [-0.4, -0.2) is 34.0 Å². The highest BCUT2D eigenvalue weighted by Crippen LogP contribution is 2.22. The van der Waals surface area contributed by atoms with Gasteiger partial charge < -0.3 is 5.11 Å². The first kappa shape index (κ1) is 13.4. The average Bonchev–Trinajstić information content (AvgIpc) is 2.77. The molecular weight excluding hydrogens is 255 g/mol. The van der Waals surface area contributed by atoms with Crippen LogP contribution in [0, 0.1) is 21.8 Å². The van der Waals surface area contributed by atoms with Crippen molar-refractivity contribution < 1.29 is 19.2 Å². The Labute approximate surface area is 108 Å². The molecule has 1 saturated heterocycles. The number of halogens is 1. The molecule has 0 saturated carbocycles. The van der Waals surface area contributed by atoms with E-state index in [1.807, 2.05) is 4.90 Å². The van der Waals surface area contributed by atoms with Crippen molar-refractivity contribution >= 4 is 11.7 Å². The van der Waals surface area contributed by atoms with Crippen LogP contribution in [0.5, 0.6) is 0 Å². The second-order valence-corrected chi connectivity index (χ2v) is 4.60. The predicted molar refractivity (Wildman–Crippen MR) is 64.1 cm³/mol. The van der Waals surface area contributed by atoms with E-state index in [-0.39, 0.29) is 5.92 Å². The van der Waals surface area contributed by atoms with Crippen LogP contribution in [0.3, 0.4) is 0 Å². The molecular formula is C12H13FN2O4. The fourth-order valence-electron chi connectivity index (χ4n) is 2.23. The molecule has 0 aromatic heterocycles. The number of nitro groups is 1. The lowest BCUT2D eigenvalue weighted by atomic mass is 10.1. The monoisotopic (exact) mass is 268 g/mol. The molecule has 6 nitrogen and oxygen atoms in total. The van der Waals surface area contributed by atoms with Crippen molar-refractivity contribution in [3.8, 4) is 0 Å². The molecule has 1 aromatic rings. The number of nitrogens with zero attached hydrogens (tertiary/aromatic N) is 2. The molecule has 1 unspecified atom stereocenters. The molecule has 0 aliphatic carbocycles. The van der Waals surface area contributed by atoms with Crippen LogP contribution in [0.4, 0.5) is 10.1 Å². The number of hydrogen-bond donors (Lipinski definition) is 1. The number of hydrogen-bond acceptors (Lipinski definition) is 4. The van der Waals surface area contributed by atoms with Gasteiger partial charge in [0.25, 0.3) is 0 Å². The van der Waals surface area contributed by atoms with E-state index in [0.29, 0.717) is 31.6 Å². The Hall–Kier alpha value is -2.02. The number of benzene rings is 1. The summed E-state index contributed by atoms with van der Waals surface area (Å²) >= 11 is 0. The minimum Gasteiger partial charge on any atom is -0.481 e. The van der Waals surface area contributed by atoms with Gasteiger partial charge in [-0.1, -0.05) is 6.07 Å². The molecule has 1 heterocycles. The summed E-state index contributed by atoms with van der Waals surface area (Å²) < 4.78 is 13.4. The Morgan fingerprint density at radius 1 is 1.58 bits per heavy atom. The molecule has 0 radical (unpaired) electrons. The van der Waals surface area contributed by atoms with E-state index in [2.05, 4.69) is 0 Å². The number of likely N-dealkylation sites (tertiary alicyclic amines) is 1. The van der Waals surface area contributed by atoms with Crippen LogP contribution < -0.4 is 0 Å². The van der Waals surface area contributed by atoms with Gasteiger partial charge in [0.1, 0.15) is 0 Å². The van der Waals surface area contributed by atoms with Gasteiger partial charge in [-0.2, -0.15) is 4.39 Å². The molecule has 7 heteroatoms. The van der Waals surface area contributed by atoms with Crippen LogP contribution in [0.2, 0.25) is 0 Å². The minimum atomic E-state index is -0.864. The number of rotatable bonds is 4. The van der Waals surface area contributed by atoms with E-state index in [1.54, 1.807) is 0 Å². The lowest BCUT2D eigenvalue weighted by molar-refractivity contribution is -0.387. The van der Waals surface area contributed by atoms with Gasteiger partial charge in [-0.25, -0.2) is 0 Å². The molecule has 1 aliphatic heterocycles. The third kappa shape index (κ3) is 3.05. The SMILES string of the molecule is O=C(O)C1CCN(Cc2ccc([N+](=O)[O-])c(F)c2)C1. The third-order valence-corrected chi connectivity index (χ3v) is 3.24. The van der Waals surface area contributed by atoms with Crippen molar-refractivity contribution in [3.63, 3.8) is 0 Å². The highest BCUT2D eigenvalue weighted by molar-refractivity contribution is 5.70.